The molecule has 26 heavy (non-hydrogen) atoms. The minimum atomic E-state index is -0.675. The molecule has 0 atom stereocenters. The Bertz CT molecular complexity index is 926. The first-order valence-electron chi connectivity index (χ1n) is 8.17. The first kappa shape index (κ1) is 16.3. The van der Waals surface area contributed by atoms with Crippen molar-refractivity contribution in [3.63, 3.8) is 0 Å². The average Bonchev–Trinajstić information content (AvgIpc) is 2.91. The lowest BCUT2D eigenvalue weighted by molar-refractivity contribution is -0.121. The molecule has 0 aromatic heterocycles. The summed E-state index contributed by atoms with van der Waals surface area (Å²) in [5, 5.41) is 0. The Morgan fingerprint density at radius 2 is 1.81 bits per heavy atom. The number of imide groups is 1. The number of urea groups is 1. The molecule has 2 aromatic carbocycles. The maximum absolute atomic E-state index is 13.8. The van der Waals surface area contributed by atoms with E-state index in [9.17, 15) is 14.0 Å². The van der Waals surface area contributed by atoms with Gasteiger partial charge in [0.1, 0.15) is 24.7 Å². The molecule has 0 N–H and O–H groups in total. The van der Waals surface area contributed by atoms with E-state index in [4.69, 9.17) is 9.47 Å². The number of hydrogen-bond acceptors (Lipinski definition) is 4. The zero-order valence-electron chi connectivity index (χ0n) is 13.8. The van der Waals surface area contributed by atoms with Crippen LogP contribution in [0.3, 0.4) is 0 Å². The molecule has 4 rings (SSSR count). The van der Waals surface area contributed by atoms with Crippen LogP contribution in [0.5, 0.6) is 11.5 Å². The van der Waals surface area contributed by atoms with Crippen LogP contribution in [0.25, 0.3) is 0 Å². The molecule has 0 saturated carbocycles. The summed E-state index contributed by atoms with van der Waals surface area (Å²) < 4.78 is 24.8. The first-order valence-corrected chi connectivity index (χ1v) is 8.17. The van der Waals surface area contributed by atoms with Gasteiger partial charge in [-0.2, -0.15) is 4.99 Å². The van der Waals surface area contributed by atoms with Gasteiger partial charge in [0.2, 0.25) is 0 Å². The van der Waals surface area contributed by atoms with Crippen molar-refractivity contribution in [2.45, 2.75) is 13.0 Å². The average molecular weight is 354 g/mol. The number of rotatable bonds is 4. The van der Waals surface area contributed by atoms with Gasteiger partial charge in [0.25, 0.3) is 5.91 Å². The summed E-state index contributed by atoms with van der Waals surface area (Å²) in [7, 11) is 0. The molecule has 3 amide bonds. The Kier molecular flexibility index (Phi) is 4.12. The summed E-state index contributed by atoms with van der Waals surface area (Å²) >= 11 is 0. The second-order valence-corrected chi connectivity index (χ2v) is 5.98. The number of carbonyl (C=O) groups excluding carboxylic acids is 2. The lowest BCUT2D eigenvalue weighted by Gasteiger charge is -2.18. The second kappa shape index (κ2) is 6.59. The summed E-state index contributed by atoms with van der Waals surface area (Å²) in [5.74, 6) is 0.285. The summed E-state index contributed by atoms with van der Waals surface area (Å²) in [6, 6.07) is 10.7. The first-order chi connectivity index (χ1) is 12.6. The number of ether oxygens (including phenoxy) is 2. The van der Waals surface area contributed by atoms with Gasteiger partial charge in [-0.3, -0.25) is 9.69 Å². The Morgan fingerprint density at radius 3 is 2.62 bits per heavy atom. The summed E-state index contributed by atoms with van der Waals surface area (Å²) in [6.07, 6.45) is 0.189. The van der Waals surface area contributed by atoms with Crippen LogP contribution in [-0.4, -0.2) is 35.8 Å². The van der Waals surface area contributed by atoms with Gasteiger partial charge in [0.15, 0.2) is 11.5 Å². The molecule has 0 radical (unpaired) electrons. The number of benzene rings is 2. The monoisotopic (exact) mass is 354 g/mol. The summed E-state index contributed by atoms with van der Waals surface area (Å²) in [6.45, 7) is 0.820. The lowest BCUT2D eigenvalue weighted by atomic mass is 10.1. The quantitative estimate of drug-likeness (QED) is 0.847. The van der Waals surface area contributed by atoms with E-state index in [-0.39, 0.29) is 24.2 Å². The van der Waals surface area contributed by atoms with E-state index in [0.29, 0.717) is 24.7 Å². The van der Waals surface area contributed by atoms with E-state index in [1.165, 1.54) is 12.1 Å². The Hall–Kier alpha value is -3.22. The molecule has 2 aliphatic rings. The molecule has 132 valence electrons. The molecule has 6 nitrogen and oxygen atoms in total. The largest absolute Gasteiger partial charge is 0.486 e. The van der Waals surface area contributed by atoms with E-state index in [1.54, 1.807) is 30.3 Å². The zero-order chi connectivity index (χ0) is 18.1. The smallest absolute Gasteiger partial charge is 0.351 e. The van der Waals surface area contributed by atoms with Gasteiger partial charge in [-0.1, -0.05) is 24.3 Å². The zero-order valence-corrected chi connectivity index (χ0v) is 13.8. The van der Waals surface area contributed by atoms with Gasteiger partial charge in [0, 0.05) is 12.0 Å². The van der Waals surface area contributed by atoms with E-state index in [2.05, 4.69) is 4.99 Å². The third kappa shape index (κ3) is 3.03. The molecule has 0 fully saturated rings. The molecule has 2 aromatic rings. The van der Waals surface area contributed by atoms with E-state index in [0.717, 1.165) is 10.5 Å². The van der Waals surface area contributed by atoms with Crippen molar-refractivity contribution in [3.05, 3.63) is 59.4 Å². The summed E-state index contributed by atoms with van der Waals surface area (Å²) in [4.78, 5) is 29.4. The second-order valence-electron chi connectivity index (χ2n) is 5.98. The molecule has 2 aliphatic heterocycles. The highest BCUT2D eigenvalue weighted by atomic mass is 19.1. The number of amides is 3. The third-order valence-corrected chi connectivity index (χ3v) is 4.22. The van der Waals surface area contributed by atoms with E-state index in [1.807, 2.05) is 0 Å². The van der Waals surface area contributed by atoms with Gasteiger partial charge >= 0.3 is 6.03 Å². The highest BCUT2D eigenvalue weighted by Gasteiger charge is 2.33. The maximum atomic E-state index is 13.8. The number of halogens is 1. The number of aliphatic imine (C=N–C) groups is 1. The Labute approximate surface area is 148 Å². The van der Waals surface area contributed by atoms with Crippen molar-refractivity contribution < 1.29 is 23.5 Å². The minimum Gasteiger partial charge on any atom is -0.486 e. The molecule has 0 unspecified atom stereocenters. The molecule has 7 heteroatoms. The van der Waals surface area contributed by atoms with Gasteiger partial charge in [-0.05, 0) is 23.8 Å². The predicted octanol–water partition coefficient (Wildman–Crippen LogP) is 2.74. The van der Waals surface area contributed by atoms with Crippen LogP contribution in [0.1, 0.15) is 11.1 Å². The predicted molar refractivity (Wildman–Crippen MR) is 90.9 cm³/mol. The van der Waals surface area contributed by atoms with Crippen molar-refractivity contribution in [3.8, 4) is 11.5 Å². The van der Waals surface area contributed by atoms with Crippen LogP contribution >= 0.6 is 0 Å². The fourth-order valence-electron chi connectivity index (χ4n) is 2.91. The maximum Gasteiger partial charge on any atom is 0.351 e. The van der Waals surface area contributed by atoms with E-state index >= 15 is 0 Å². The SMILES string of the molecule is O=C1N=C(Cc2ccc3c(c2)OCCO3)C(=O)N1Cc1ccccc1F. The van der Waals surface area contributed by atoms with Crippen LogP contribution in [0, 0.1) is 5.82 Å². The number of hydrogen-bond donors (Lipinski definition) is 0. The van der Waals surface area contributed by atoms with Crippen LogP contribution < -0.4 is 9.47 Å². The van der Waals surface area contributed by atoms with Crippen molar-refractivity contribution >= 4 is 17.6 Å². The molecular formula is C19H15FN2O4. The molecule has 0 saturated heterocycles. The van der Waals surface area contributed by atoms with Gasteiger partial charge in [0.05, 0.1) is 6.54 Å². The molecule has 0 bridgehead atoms. The summed E-state index contributed by atoms with van der Waals surface area (Å²) in [5.41, 5.74) is 1.18. The normalized spacial score (nSPS) is 16.0. The van der Waals surface area contributed by atoms with Gasteiger partial charge < -0.3 is 9.47 Å². The highest BCUT2D eigenvalue weighted by Crippen LogP contribution is 2.31. The fraction of sp³-hybridized carbons (Fsp3) is 0.211. The van der Waals surface area contributed by atoms with Crippen LogP contribution in [0.15, 0.2) is 47.5 Å². The Balaban J connectivity index is 1.50. The van der Waals surface area contributed by atoms with Crippen molar-refractivity contribution in [1.82, 2.24) is 4.90 Å². The third-order valence-electron chi connectivity index (χ3n) is 4.22. The minimum absolute atomic E-state index is 0.128. The van der Waals surface area contributed by atoms with Crippen LogP contribution in [-0.2, 0) is 17.8 Å². The lowest BCUT2D eigenvalue weighted by Crippen LogP contribution is -2.33. The molecular weight excluding hydrogens is 339 g/mol. The van der Waals surface area contributed by atoms with Crippen LogP contribution in [0.4, 0.5) is 9.18 Å². The number of fused-ring (bicyclic) bond motifs is 1. The van der Waals surface area contributed by atoms with Gasteiger partial charge in [-0.15, -0.1) is 0 Å². The molecule has 2 heterocycles. The molecule has 0 spiro atoms. The van der Waals surface area contributed by atoms with Gasteiger partial charge in [-0.25, -0.2) is 9.18 Å². The van der Waals surface area contributed by atoms with E-state index < -0.39 is 17.8 Å². The van der Waals surface area contributed by atoms with Crippen molar-refractivity contribution in [2.75, 3.05) is 13.2 Å². The van der Waals surface area contributed by atoms with Crippen LogP contribution in [0.2, 0.25) is 0 Å². The fourth-order valence-corrected chi connectivity index (χ4v) is 2.91. The highest BCUT2D eigenvalue weighted by molar-refractivity contribution is 6.46. The van der Waals surface area contributed by atoms with Crippen molar-refractivity contribution in [2.24, 2.45) is 4.99 Å². The number of nitrogens with zero attached hydrogens (tertiary/aromatic N) is 2. The standard InChI is InChI=1S/C19H15FN2O4/c20-14-4-2-1-3-13(14)11-22-18(23)15(21-19(22)24)9-12-5-6-16-17(10-12)26-8-7-25-16/h1-6,10H,7-9,11H2. The molecule has 0 aliphatic carbocycles. The topological polar surface area (TPSA) is 68.2 Å². The Morgan fingerprint density at radius 1 is 1.04 bits per heavy atom. The van der Waals surface area contributed by atoms with Crippen molar-refractivity contribution in [1.29, 1.82) is 0 Å². The number of carbonyl (C=O) groups is 2.